The number of nitrogens with two attached hydrogens (primary N) is 1. The molecule has 2 fully saturated rings. The van der Waals surface area contributed by atoms with Crippen molar-refractivity contribution in [2.75, 3.05) is 38.5 Å². The van der Waals surface area contributed by atoms with Gasteiger partial charge in [-0.1, -0.05) is 0 Å². The van der Waals surface area contributed by atoms with E-state index in [1.807, 2.05) is 0 Å². The van der Waals surface area contributed by atoms with Crippen LogP contribution in [0.4, 0.5) is 19.1 Å². The molecule has 3 N–H and O–H groups in total. The summed E-state index contributed by atoms with van der Waals surface area (Å²) in [5, 5.41) is 6.58. The number of nitrogens with one attached hydrogen (secondary N) is 1. The predicted molar refractivity (Wildman–Crippen MR) is 80.0 cm³/mol. The fourth-order valence-corrected chi connectivity index (χ4v) is 3.50. The zero-order valence-electron chi connectivity index (χ0n) is 13.2. The lowest BCUT2D eigenvalue weighted by molar-refractivity contribution is -0.150. The molecule has 1 atom stereocenters. The van der Waals surface area contributed by atoms with Crippen LogP contribution in [0.3, 0.4) is 0 Å². The quantitative estimate of drug-likeness (QED) is 0.851. The summed E-state index contributed by atoms with van der Waals surface area (Å²) in [6, 6.07) is 0. The molecule has 0 spiro atoms. The summed E-state index contributed by atoms with van der Waals surface area (Å²) in [6.07, 6.45) is -2.44. The molecule has 2 saturated heterocycles. The van der Waals surface area contributed by atoms with E-state index in [1.54, 1.807) is 4.90 Å². The number of piperidine rings is 1. The average molecular weight is 346 g/mol. The summed E-state index contributed by atoms with van der Waals surface area (Å²) in [5.74, 6) is 0.809. The molecule has 134 valence electrons. The number of aromatic amines is 1. The van der Waals surface area contributed by atoms with Crippen LogP contribution in [0.25, 0.3) is 0 Å². The lowest BCUT2D eigenvalue weighted by atomic mass is 9.95. The zero-order chi connectivity index (χ0) is 17.3. The number of nitrogen functional groups attached to an aromatic ring is 1. The topological polar surface area (TPSA) is 91.1 Å². The van der Waals surface area contributed by atoms with Crippen LogP contribution < -0.4 is 5.73 Å². The Bertz CT molecular complexity index is 581. The molecule has 0 bridgehead atoms. The van der Waals surface area contributed by atoms with Crippen LogP contribution in [0.5, 0.6) is 0 Å². The number of carbonyl (C=O) groups is 1. The fourth-order valence-electron chi connectivity index (χ4n) is 3.50. The third kappa shape index (κ3) is 3.97. The molecule has 0 saturated carbocycles. The molecule has 1 amide bonds. The van der Waals surface area contributed by atoms with Gasteiger partial charge in [-0.2, -0.15) is 18.2 Å². The Balaban J connectivity index is 1.49. The van der Waals surface area contributed by atoms with Gasteiger partial charge < -0.3 is 10.6 Å². The van der Waals surface area contributed by atoms with Gasteiger partial charge in [-0.05, 0) is 32.4 Å². The van der Waals surface area contributed by atoms with Gasteiger partial charge in [-0.15, -0.1) is 5.10 Å². The normalized spacial score (nSPS) is 23.8. The van der Waals surface area contributed by atoms with Crippen molar-refractivity contribution in [3.05, 3.63) is 5.82 Å². The molecule has 3 heterocycles. The van der Waals surface area contributed by atoms with Crippen LogP contribution in [0, 0.1) is 5.92 Å². The van der Waals surface area contributed by atoms with Crippen LogP contribution in [-0.2, 0) is 4.79 Å². The predicted octanol–water partition coefficient (Wildman–Crippen LogP) is 0.977. The van der Waals surface area contributed by atoms with Gasteiger partial charge >= 0.3 is 6.18 Å². The Morgan fingerprint density at radius 3 is 2.54 bits per heavy atom. The highest BCUT2D eigenvalue weighted by atomic mass is 19.4. The first-order valence-corrected chi connectivity index (χ1v) is 8.07. The highest BCUT2D eigenvalue weighted by Crippen LogP contribution is 2.29. The lowest BCUT2D eigenvalue weighted by Crippen LogP contribution is -2.44. The first-order valence-electron chi connectivity index (χ1n) is 8.07. The van der Waals surface area contributed by atoms with Gasteiger partial charge in [-0.3, -0.25) is 14.8 Å². The molecule has 10 heteroatoms. The molecule has 7 nitrogen and oxygen atoms in total. The smallest absolute Gasteiger partial charge is 0.367 e. The van der Waals surface area contributed by atoms with E-state index >= 15 is 0 Å². The van der Waals surface area contributed by atoms with Crippen molar-refractivity contribution >= 4 is 11.9 Å². The van der Waals surface area contributed by atoms with Crippen LogP contribution in [0.2, 0.25) is 0 Å². The Morgan fingerprint density at radius 1 is 1.25 bits per heavy atom. The molecule has 1 aromatic heterocycles. The third-order valence-electron chi connectivity index (χ3n) is 4.75. The van der Waals surface area contributed by atoms with Crippen molar-refractivity contribution in [2.45, 2.75) is 31.4 Å². The molecule has 2 aliphatic heterocycles. The number of halogens is 3. The standard InChI is InChI=1S/C14H21F3N6O/c15-14(16,17)8-22-4-1-9(2-5-22)12(24)23-6-3-10(7-23)11-19-13(18)21-20-11/h9-10H,1-8H2,(H3,18,19,20,21). The molecule has 0 radical (unpaired) electrons. The maximum Gasteiger partial charge on any atom is 0.401 e. The Labute approximate surface area is 137 Å². The monoisotopic (exact) mass is 346 g/mol. The van der Waals surface area contributed by atoms with Crippen molar-refractivity contribution in [1.29, 1.82) is 0 Å². The van der Waals surface area contributed by atoms with Crippen molar-refractivity contribution in [1.82, 2.24) is 25.0 Å². The number of H-pyrrole nitrogens is 1. The third-order valence-corrected chi connectivity index (χ3v) is 4.75. The number of alkyl halides is 3. The molecule has 24 heavy (non-hydrogen) atoms. The maximum absolute atomic E-state index is 12.6. The van der Waals surface area contributed by atoms with E-state index in [1.165, 1.54) is 4.90 Å². The minimum Gasteiger partial charge on any atom is -0.367 e. The average Bonchev–Trinajstić information content (AvgIpc) is 3.14. The molecule has 0 aromatic carbocycles. The molecule has 1 aromatic rings. The van der Waals surface area contributed by atoms with Gasteiger partial charge in [0.2, 0.25) is 11.9 Å². The maximum atomic E-state index is 12.6. The second-order valence-electron chi connectivity index (χ2n) is 6.51. The van der Waals surface area contributed by atoms with Crippen molar-refractivity contribution < 1.29 is 18.0 Å². The van der Waals surface area contributed by atoms with Crippen molar-refractivity contribution in [3.8, 4) is 0 Å². The van der Waals surface area contributed by atoms with E-state index in [4.69, 9.17) is 5.73 Å². The molecular weight excluding hydrogens is 325 g/mol. The van der Waals surface area contributed by atoms with Gasteiger partial charge in [0.05, 0.1) is 6.54 Å². The van der Waals surface area contributed by atoms with Gasteiger partial charge in [0, 0.05) is 24.9 Å². The molecular formula is C14H21F3N6O. The minimum absolute atomic E-state index is 0.0386. The summed E-state index contributed by atoms with van der Waals surface area (Å²) in [7, 11) is 0. The largest absolute Gasteiger partial charge is 0.401 e. The van der Waals surface area contributed by atoms with Gasteiger partial charge in [-0.25, -0.2) is 0 Å². The number of amides is 1. The van der Waals surface area contributed by atoms with Crippen LogP contribution >= 0.6 is 0 Å². The van der Waals surface area contributed by atoms with E-state index in [9.17, 15) is 18.0 Å². The molecule has 3 rings (SSSR count). The first-order chi connectivity index (χ1) is 11.3. The number of carbonyl (C=O) groups excluding carboxylic acids is 1. The van der Waals surface area contributed by atoms with Crippen LogP contribution in [0.15, 0.2) is 0 Å². The van der Waals surface area contributed by atoms with Gasteiger partial charge in [0.1, 0.15) is 5.82 Å². The number of rotatable bonds is 3. The second kappa shape index (κ2) is 6.58. The van der Waals surface area contributed by atoms with Crippen molar-refractivity contribution in [3.63, 3.8) is 0 Å². The lowest BCUT2D eigenvalue weighted by Gasteiger charge is -2.33. The summed E-state index contributed by atoms with van der Waals surface area (Å²) < 4.78 is 37.2. The molecule has 2 aliphatic rings. The number of nitrogens with zero attached hydrogens (tertiary/aromatic N) is 4. The summed E-state index contributed by atoms with van der Waals surface area (Å²) in [6.45, 7) is 0.910. The number of likely N-dealkylation sites (tertiary alicyclic amines) is 2. The fraction of sp³-hybridized carbons (Fsp3) is 0.786. The zero-order valence-corrected chi connectivity index (χ0v) is 13.2. The summed E-state index contributed by atoms with van der Waals surface area (Å²) in [4.78, 5) is 19.8. The van der Waals surface area contributed by atoms with Gasteiger partial charge in [0.15, 0.2) is 0 Å². The van der Waals surface area contributed by atoms with E-state index in [2.05, 4.69) is 15.2 Å². The second-order valence-corrected chi connectivity index (χ2v) is 6.51. The number of hydrogen-bond donors (Lipinski definition) is 2. The first kappa shape index (κ1) is 17.0. The number of aromatic nitrogens is 3. The van der Waals surface area contributed by atoms with E-state index in [0.717, 1.165) is 6.42 Å². The summed E-state index contributed by atoms with van der Waals surface area (Å²) in [5.41, 5.74) is 5.50. The highest BCUT2D eigenvalue weighted by molar-refractivity contribution is 5.79. The van der Waals surface area contributed by atoms with Crippen LogP contribution in [-0.4, -0.2) is 69.8 Å². The highest BCUT2D eigenvalue weighted by Gasteiger charge is 2.37. The molecule has 1 unspecified atom stereocenters. The van der Waals surface area contributed by atoms with Gasteiger partial charge in [0.25, 0.3) is 0 Å². The number of hydrogen-bond acceptors (Lipinski definition) is 5. The SMILES string of the molecule is Nc1n[nH]c(C2CCN(C(=O)C3CCN(CC(F)(F)F)CC3)C2)n1. The molecule has 0 aliphatic carbocycles. The van der Waals surface area contributed by atoms with E-state index in [-0.39, 0.29) is 23.7 Å². The Kier molecular flexibility index (Phi) is 4.66. The summed E-state index contributed by atoms with van der Waals surface area (Å²) >= 11 is 0. The Morgan fingerprint density at radius 2 is 1.96 bits per heavy atom. The van der Waals surface area contributed by atoms with Crippen LogP contribution in [0.1, 0.15) is 31.0 Å². The van der Waals surface area contributed by atoms with E-state index in [0.29, 0.717) is 44.8 Å². The number of anilines is 1. The minimum atomic E-state index is -4.18. The van der Waals surface area contributed by atoms with E-state index < -0.39 is 12.7 Å². The Hall–Kier alpha value is -1.84. The van der Waals surface area contributed by atoms with Crippen molar-refractivity contribution in [2.24, 2.45) is 5.92 Å².